The molecule has 19 heavy (non-hydrogen) atoms. The Morgan fingerprint density at radius 1 is 1.37 bits per heavy atom. The molecule has 0 fully saturated rings. The van der Waals surface area contributed by atoms with Crippen molar-refractivity contribution < 1.29 is 9.21 Å². The summed E-state index contributed by atoms with van der Waals surface area (Å²) in [4.78, 5) is 11.9. The average molecular weight is 262 g/mol. The fraction of sp³-hybridized carbons (Fsp3) is 0.385. The summed E-state index contributed by atoms with van der Waals surface area (Å²) in [7, 11) is 0. The van der Waals surface area contributed by atoms with Gasteiger partial charge >= 0.3 is 6.03 Å². The Morgan fingerprint density at radius 2 is 2.11 bits per heavy atom. The number of aryl methyl sites for hydroxylation is 3. The van der Waals surface area contributed by atoms with Crippen LogP contribution in [0.3, 0.4) is 0 Å². The Hall–Kier alpha value is -2.24. The molecule has 0 saturated heterocycles. The van der Waals surface area contributed by atoms with Gasteiger partial charge in [0.25, 0.3) is 0 Å². The molecule has 0 aliphatic carbocycles. The molecule has 0 spiro atoms. The number of rotatable bonds is 3. The fourth-order valence-electron chi connectivity index (χ4n) is 1.84. The van der Waals surface area contributed by atoms with Crippen LogP contribution in [-0.4, -0.2) is 16.2 Å². The molecule has 0 bridgehead atoms. The third-order valence-corrected chi connectivity index (χ3v) is 2.90. The average Bonchev–Trinajstić information content (AvgIpc) is 2.90. The molecule has 0 aromatic carbocycles. The minimum Gasteiger partial charge on any atom is -0.464 e. The van der Waals surface area contributed by atoms with Crippen LogP contribution in [0.5, 0.6) is 0 Å². The molecule has 1 atom stereocenters. The van der Waals surface area contributed by atoms with Gasteiger partial charge in [0, 0.05) is 0 Å². The van der Waals surface area contributed by atoms with Crippen LogP contribution < -0.4 is 10.6 Å². The minimum atomic E-state index is -0.283. The number of carbonyl (C=O) groups excluding carboxylic acids is 1. The van der Waals surface area contributed by atoms with Gasteiger partial charge in [-0.2, -0.15) is 5.10 Å². The first-order chi connectivity index (χ1) is 8.97. The smallest absolute Gasteiger partial charge is 0.319 e. The van der Waals surface area contributed by atoms with Crippen LogP contribution >= 0.6 is 0 Å². The van der Waals surface area contributed by atoms with Gasteiger partial charge in [0.2, 0.25) is 0 Å². The molecule has 2 amide bonds. The number of hydrogen-bond donors (Lipinski definition) is 3. The number of nitrogens with zero attached hydrogens (tertiary/aromatic N) is 1. The first kappa shape index (κ1) is 13.2. The summed E-state index contributed by atoms with van der Waals surface area (Å²) >= 11 is 0. The quantitative estimate of drug-likeness (QED) is 0.795. The number of amides is 2. The first-order valence-corrected chi connectivity index (χ1v) is 6.12. The molecule has 6 heteroatoms. The summed E-state index contributed by atoms with van der Waals surface area (Å²) in [6, 6.07) is 3.25. The molecule has 102 valence electrons. The summed E-state index contributed by atoms with van der Waals surface area (Å²) < 4.78 is 5.47. The highest BCUT2D eigenvalue weighted by molar-refractivity contribution is 5.90. The van der Waals surface area contributed by atoms with Gasteiger partial charge in [-0.05, 0) is 39.8 Å². The van der Waals surface area contributed by atoms with E-state index in [9.17, 15) is 4.79 Å². The Morgan fingerprint density at radius 3 is 2.63 bits per heavy atom. The van der Waals surface area contributed by atoms with E-state index in [1.54, 1.807) is 0 Å². The second kappa shape index (κ2) is 5.17. The Labute approximate surface area is 111 Å². The minimum absolute atomic E-state index is 0.193. The molecule has 0 aliphatic rings. The molecular formula is C13H18N4O2. The second-order valence-electron chi connectivity index (χ2n) is 4.58. The molecule has 1 unspecified atom stereocenters. The zero-order valence-corrected chi connectivity index (χ0v) is 11.5. The van der Waals surface area contributed by atoms with Gasteiger partial charge < -0.3 is 15.1 Å². The predicted molar refractivity (Wildman–Crippen MR) is 72.1 cm³/mol. The van der Waals surface area contributed by atoms with Crippen LogP contribution in [0.1, 0.15) is 35.9 Å². The fourth-order valence-corrected chi connectivity index (χ4v) is 1.84. The normalized spacial score (nSPS) is 12.2. The molecule has 6 nitrogen and oxygen atoms in total. The van der Waals surface area contributed by atoms with E-state index in [-0.39, 0.29) is 12.1 Å². The summed E-state index contributed by atoms with van der Waals surface area (Å²) in [5, 5.41) is 12.4. The van der Waals surface area contributed by atoms with Crippen LogP contribution in [0, 0.1) is 20.8 Å². The maximum Gasteiger partial charge on any atom is 0.319 e. The van der Waals surface area contributed by atoms with Crippen LogP contribution in [0.2, 0.25) is 0 Å². The molecule has 0 aliphatic heterocycles. The Bertz CT molecular complexity index is 566. The highest BCUT2D eigenvalue weighted by atomic mass is 16.3. The number of aromatic amines is 1. The zero-order valence-electron chi connectivity index (χ0n) is 11.5. The van der Waals surface area contributed by atoms with Crippen molar-refractivity contribution in [3.8, 4) is 0 Å². The number of anilines is 1. The number of aromatic nitrogens is 2. The van der Waals surface area contributed by atoms with Crippen molar-refractivity contribution in [1.29, 1.82) is 0 Å². The van der Waals surface area contributed by atoms with Crippen LogP contribution in [-0.2, 0) is 0 Å². The standard InChI is InChI=1S/C13H18N4O2/c1-7-5-6-11(19-7)8(2)14-13(18)15-12-9(3)16-17-10(12)4/h5-6,8H,1-4H3,(H,16,17)(H2,14,15,18). The van der Waals surface area contributed by atoms with Crippen LogP contribution in [0.25, 0.3) is 0 Å². The zero-order chi connectivity index (χ0) is 14.0. The lowest BCUT2D eigenvalue weighted by Crippen LogP contribution is -2.31. The van der Waals surface area contributed by atoms with Gasteiger partial charge in [0.1, 0.15) is 11.5 Å². The predicted octanol–water partition coefficient (Wildman–Crippen LogP) is 2.81. The monoisotopic (exact) mass is 262 g/mol. The van der Waals surface area contributed by atoms with Crippen molar-refractivity contribution in [2.75, 3.05) is 5.32 Å². The van der Waals surface area contributed by atoms with Crippen molar-refractivity contribution in [2.24, 2.45) is 0 Å². The van der Waals surface area contributed by atoms with Gasteiger partial charge in [-0.3, -0.25) is 5.10 Å². The van der Waals surface area contributed by atoms with E-state index >= 15 is 0 Å². The topological polar surface area (TPSA) is 83.0 Å². The van der Waals surface area contributed by atoms with E-state index in [1.807, 2.05) is 39.8 Å². The first-order valence-electron chi connectivity index (χ1n) is 6.12. The Balaban J connectivity index is 1.98. The third kappa shape index (κ3) is 2.96. The number of urea groups is 1. The van der Waals surface area contributed by atoms with Gasteiger partial charge in [-0.1, -0.05) is 0 Å². The highest BCUT2D eigenvalue weighted by Gasteiger charge is 2.15. The van der Waals surface area contributed by atoms with Gasteiger partial charge in [-0.25, -0.2) is 4.79 Å². The van der Waals surface area contributed by atoms with E-state index < -0.39 is 0 Å². The van der Waals surface area contributed by atoms with Gasteiger partial charge in [-0.15, -0.1) is 0 Å². The van der Waals surface area contributed by atoms with Crippen LogP contribution in [0.4, 0.5) is 10.5 Å². The molecule has 2 aromatic heterocycles. The molecule has 0 saturated carbocycles. The van der Waals surface area contributed by atoms with E-state index in [2.05, 4.69) is 20.8 Å². The van der Waals surface area contributed by atoms with E-state index in [0.717, 1.165) is 22.9 Å². The summed E-state index contributed by atoms with van der Waals surface area (Å²) in [6.07, 6.45) is 0. The number of carbonyl (C=O) groups is 1. The summed E-state index contributed by atoms with van der Waals surface area (Å²) in [5.41, 5.74) is 2.30. The highest BCUT2D eigenvalue weighted by Crippen LogP contribution is 2.18. The number of hydrogen-bond acceptors (Lipinski definition) is 3. The Kier molecular flexibility index (Phi) is 3.59. The van der Waals surface area contributed by atoms with E-state index in [1.165, 1.54) is 0 Å². The van der Waals surface area contributed by atoms with Gasteiger partial charge in [0.15, 0.2) is 0 Å². The maximum absolute atomic E-state index is 11.9. The van der Waals surface area contributed by atoms with Gasteiger partial charge in [0.05, 0.1) is 23.1 Å². The van der Waals surface area contributed by atoms with Crippen LogP contribution in [0.15, 0.2) is 16.5 Å². The molecule has 0 radical (unpaired) electrons. The summed E-state index contributed by atoms with van der Waals surface area (Å²) in [6.45, 7) is 7.43. The third-order valence-electron chi connectivity index (χ3n) is 2.90. The van der Waals surface area contributed by atoms with Crippen molar-refractivity contribution in [1.82, 2.24) is 15.5 Å². The number of furan rings is 1. The van der Waals surface area contributed by atoms with E-state index in [0.29, 0.717) is 5.69 Å². The second-order valence-corrected chi connectivity index (χ2v) is 4.58. The van der Waals surface area contributed by atoms with Crippen molar-refractivity contribution in [2.45, 2.75) is 33.7 Å². The lowest BCUT2D eigenvalue weighted by molar-refractivity contribution is 0.247. The van der Waals surface area contributed by atoms with E-state index in [4.69, 9.17) is 4.42 Å². The largest absolute Gasteiger partial charge is 0.464 e. The van der Waals surface area contributed by atoms with Crippen molar-refractivity contribution in [3.05, 3.63) is 35.0 Å². The molecule has 2 heterocycles. The number of nitrogens with one attached hydrogen (secondary N) is 3. The molecule has 2 aromatic rings. The number of H-pyrrole nitrogens is 1. The molecular weight excluding hydrogens is 244 g/mol. The summed E-state index contributed by atoms with van der Waals surface area (Å²) in [5.74, 6) is 1.55. The van der Waals surface area contributed by atoms with Crippen molar-refractivity contribution in [3.63, 3.8) is 0 Å². The SMILES string of the molecule is Cc1ccc(C(C)NC(=O)Nc2c(C)n[nH]c2C)o1. The lowest BCUT2D eigenvalue weighted by Gasteiger charge is -2.12. The van der Waals surface area contributed by atoms with Crippen molar-refractivity contribution >= 4 is 11.7 Å². The molecule has 2 rings (SSSR count). The maximum atomic E-state index is 11.9. The molecule has 3 N–H and O–H groups in total. The lowest BCUT2D eigenvalue weighted by atomic mass is 10.2.